The third-order valence-electron chi connectivity index (χ3n) is 4.68. The molecule has 1 heterocycles. The number of benzene rings is 1. The minimum atomic E-state index is -3.96. The van der Waals surface area contributed by atoms with E-state index < -0.39 is 33.8 Å². The predicted molar refractivity (Wildman–Crippen MR) is 117 cm³/mol. The average molecular weight is 468 g/mol. The maximum absolute atomic E-state index is 12.7. The molecular weight excluding hydrogens is 438 g/mol. The van der Waals surface area contributed by atoms with Gasteiger partial charge in [-0.1, -0.05) is 0 Å². The number of hydrogen-bond donors (Lipinski definition) is 3. The summed E-state index contributed by atoms with van der Waals surface area (Å²) in [5.41, 5.74) is 0.454. The van der Waals surface area contributed by atoms with Crippen LogP contribution in [0.15, 0.2) is 29.2 Å². The second-order valence-corrected chi connectivity index (χ2v) is 9.51. The zero-order chi connectivity index (χ0) is 24.1. The van der Waals surface area contributed by atoms with Crippen LogP contribution in [0.2, 0.25) is 0 Å². The highest BCUT2D eigenvalue weighted by molar-refractivity contribution is 7.89. The summed E-state index contributed by atoms with van der Waals surface area (Å²) in [4.78, 5) is 50.6. The van der Waals surface area contributed by atoms with Crippen molar-refractivity contribution < 1.29 is 27.6 Å². The highest BCUT2D eigenvalue weighted by Crippen LogP contribution is 2.15. The molecule has 0 saturated carbocycles. The maximum atomic E-state index is 12.7. The number of carbonyl (C=O) groups is 4. The minimum Gasteiger partial charge on any atom is -0.346 e. The second-order valence-electron chi connectivity index (χ2n) is 7.79. The van der Waals surface area contributed by atoms with Crippen LogP contribution in [0.25, 0.3) is 0 Å². The number of amides is 4. The van der Waals surface area contributed by atoms with Crippen molar-refractivity contribution in [1.29, 1.82) is 0 Å². The van der Waals surface area contributed by atoms with Crippen molar-refractivity contribution in [2.75, 3.05) is 31.5 Å². The van der Waals surface area contributed by atoms with E-state index >= 15 is 0 Å². The number of carbonyl (C=O) groups excluding carboxylic acids is 4. The van der Waals surface area contributed by atoms with Gasteiger partial charge in [-0.3, -0.25) is 19.2 Å². The molecule has 32 heavy (non-hydrogen) atoms. The van der Waals surface area contributed by atoms with E-state index in [-0.39, 0.29) is 43.0 Å². The van der Waals surface area contributed by atoms with Crippen LogP contribution in [0.3, 0.4) is 0 Å². The Morgan fingerprint density at radius 1 is 0.906 bits per heavy atom. The van der Waals surface area contributed by atoms with Gasteiger partial charge in [-0.15, -0.1) is 0 Å². The van der Waals surface area contributed by atoms with Crippen molar-refractivity contribution in [3.63, 3.8) is 0 Å². The largest absolute Gasteiger partial charge is 0.346 e. The Kier molecular flexibility index (Phi) is 8.33. The standard InChI is InChI=1S/C20H29N5O6S/c1-13(2)21-18(27)20(29)25-11-9-24(10-12-25)19(28)14(3)23-32(30,31)17-7-5-16(6-8-17)22-15(4)26/h5-8,13-14,23H,9-12H2,1-4H3,(H,21,27)(H,22,26)/t14-/m0/s1. The highest BCUT2D eigenvalue weighted by Gasteiger charge is 2.31. The Balaban J connectivity index is 1.93. The van der Waals surface area contributed by atoms with E-state index in [0.717, 1.165) is 0 Å². The normalized spacial score (nSPS) is 15.3. The predicted octanol–water partition coefficient (Wildman–Crippen LogP) is -0.493. The van der Waals surface area contributed by atoms with Gasteiger partial charge in [0.2, 0.25) is 21.8 Å². The van der Waals surface area contributed by atoms with E-state index in [9.17, 15) is 27.6 Å². The lowest BCUT2D eigenvalue weighted by Crippen LogP contribution is -2.57. The molecule has 1 aliphatic rings. The monoisotopic (exact) mass is 467 g/mol. The molecule has 0 unspecified atom stereocenters. The smallest absolute Gasteiger partial charge is 0.312 e. The van der Waals surface area contributed by atoms with E-state index in [2.05, 4.69) is 15.4 Å². The summed E-state index contributed by atoms with van der Waals surface area (Å²) in [6.07, 6.45) is 0. The Hall–Kier alpha value is -2.99. The van der Waals surface area contributed by atoms with Gasteiger partial charge in [0.15, 0.2) is 0 Å². The summed E-state index contributed by atoms with van der Waals surface area (Å²) in [5, 5.41) is 5.08. The summed E-state index contributed by atoms with van der Waals surface area (Å²) >= 11 is 0. The summed E-state index contributed by atoms with van der Waals surface area (Å²) < 4.78 is 27.6. The zero-order valence-electron chi connectivity index (χ0n) is 18.5. The van der Waals surface area contributed by atoms with Gasteiger partial charge >= 0.3 is 11.8 Å². The molecule has 4 amide bonds. The lowest BCUT2D eigenvalue weighted by atomic mass is 10.2. The van der Waals surface area contributed by atoms with Crippen molar-refractivity contribution in [2.24, 2.45) is 0 Å². The second kappa shape index (κ2) is 10.6. The number of hydrogen-bond acceptors (Lipinski definition) is 6. The Labute approximate surface area is 187 Å². The fraction of sp³-hybridized carbons (Fsp3) is 0.500. The number of nitrogens with zero attached hydrogens (tertiary/aromatic N) is 2. The van der Waals surface area contributed by atoms with Crippen molar-refractivity contribution in [1.82, 2.24) is 19.8 Å². The van der Waals surface area contributed by atoms with Crippen molar-refractivity contribution in [3.05, 3.63) is 24.3 Å². The first-order chi connectivity index (χ1) is 14.9. The Morgan fingerprint density at radius 3 is 1.94 bits per heavy atom. The highest BCUT2D eigenvalue weighted by atomic mass is 32.2. The first-order valence-electron chi connectivity index (χ1n) is 10.2. The molecule has 0 radical (unpaired) electrons. The molecule has 176 valence electrons. The Bertz CT molecular complexity index is 969. The van der Waals surface area contributed by atoms with Gasteiger partial charge in [0.25, 0.3) is 0 Å². The molecular formula is C20H29N5O6S. The third kappa shape index (κ3) is 6.76. The summed E-state index contributed by atoms with van der Waals surface area (Å²) in [6.45, 7) is 7.03. The van der Waals surface area contributed by atoms with Crippen LogP contribution in [-0.2, 0) is 29.2 Å². The Morgan fingerprint density at radius 2 is 1.44 bits per heavy atom. The maximum Gasteiger partial charge on any atom is 0.312 e. The van der Waals surface area contributed by atoms with Crippen LogP contribution in [0.5, 0.6) is 0 Å². The minimum absolute atomic E-state index is 0.0437. The molecule has 0 bridgehead atoms. The molecule has 1 fully saturated rings. The van der Waals surface area contributed by atoms with Gasteiger partial charge in [0.05, 0.1) is 10.9 Å². The van der Waals surface area contributed by atoms with E-state index in [4.69, 9.17) is 0 Å². The van der Waals surface area contributed by atoms with Crippen molar-refractivity contribution in [2.45, 2.75) is 44.7 Å². The number of rotatable bonds is 6. The first kappa shape index (κ1) is 25.3. The number of sulfonamides is 1. The first-order valence-corrected chi connectivity index (χ1v) is 11.7. The molecule has 0 aliphatic carbocycles. The molecule has 1 saturated heterocycles. The number of piperazine rings is 1. The quantitative estimate of drug-likeness (QED) is 0.481. The molecule has 1 aromatic rings. The van der Waals surface area contributed by atoms with Crippen LogP contribution in [0.4, 0.5) is 5.69 Å². The SMILES string of the molecule is CC(=O)Nc1ccc(S(=O)(=O)N[C@@H](C)C(=O)N2CCN(C(=O)C(=O)NC(C)C)CC2)cc1. The van der Waals surface area contributed by atoms with Crippen LogP contribution in [0, 0.1) is 0 Å². The molecule has 1 atom stereocenters. The lowest BCUT2D eigenvalue weighted by molar-refractivity contribution is -0.148. The van der Waals surface area contributed by atoms with Crippen LogP contribution in [-0.4, -0.2) is 80.1 Å². The molecule has 2 rings (SSSR count). The van der Waals surface area contributed by atoms with E-state index in [1.165, 1.54) is 47.9 Å². The molecule has 0 aromatic heterocycles. The summed E-state index contributed by atoms with van der Waals surface area (Å²) in [6, 6.07) is 4.38. The van der Waals surface area contributed by atoms with Gasteiger partial charge < -0.3 is 20.4 Å². The third-order valence-corrected chi connectivity index (χ3v) is 6.24. The van der Waals surface area contributed by atoms with Crippen LogP contribution in [0.1, 0.15) is 27.7 Å². The molecule has 11 nitrogen and oxygen atoms in total. The van der Waals surface area contributed by atoms with Crippen LogP contribution >= 0.6 is 0 Å². The lowest BCUT2D eigenvalue weighted by Gasteiger charge is -2.35. The molecule has 12 heteroatoms. The van der Waals surface area contributed by atoms with E-state index in [0.29, 0.717) is 5.69 Å². The zero-order valence-corrected chi connectivity index (χ0v) is 19.4. The fourth-order valence-corrected chi connectivity index (χ4v) is 4.34. The van der Waals surface area contributed by atoms with Gasteiger partial charge in [-0.25, -0.2) is 8.42 Å². The molecule has 3 N–H and O–H groups in total. The fourth-order valence-electron chi connectivity index (χ4n) is 3.14. The van der Waals surface area contributed by atoms with Gasteiger partial charge in [-0.05, 0) is 45.0 Å². The van der Waals surface area contributed by atoms with Gasteiger partial charge in [0, 0.05) is 44.8 Å². The average Bonchev–Trinajstić information content (AvgIpc) is 2.72. The van der Waals surface area contributed by atoms with Gasteiger partial charge in [-0.2, -0.15) is 4.72 Å². The van der Waals surface area contributed by atoms with Crippen LogP contribution < -0.4 is 15.4 Å². The van der Waals surface area contributed by atoms with E-state index in [1.54, 1.807) is 13.8 Å². The summed E-state index contributed by atoms with van der Waals surface area (Å²) in [7, 11) is -3.96. The topological polar surface area (TPSA) is 145 Å². The number of anilines is 1. The number of nitrogens with one attached hydrogen (secondary N) is 3. The van der Waals surface area contributed by atoms with Gasteiger partial charge in [0.1, 0.15) is 0 Å². The molecule has 1 aromatic carbocycles. The summed E-state index contributed by atoms with van der Waals surface area (Å²) in [5.74, 6) is -2.05. The van der Waals surface area contributed by atoms with Crippen molar-refractivity contribution >= 4 is 39.3 Å². The molecule has 1 aliphatic heterocycles. The molecule has 0 spiro atoms. The van der Waals surface area contributed by atoms with E-state index in [1.807, 2.05) is 0 Å². The van der Waals surface area contributed by atoms with Crippen molar-refractivity contribution in [3.8, 4) is 0 Å².